The van der Waals surface area contributed by atoms with E-state index < -0.39 is 0 Å². The normalized spacial score (nSPS) is 10.5. The number of hydrogen-bond acceptors (Lipinski definition) is 3. The summed E-state index contributed by atoms with van der Waals surface area (Å²) in [5, 5.41) is 2.85. The first-order valence-corrected chi connectivity index (χ1v) is 9.58. The van der Waals surface area contributed by atoms with Crippen LogP contribution in [-0.2, 0) is 11.3 Å². The summed E-state index contributed by atoms with van der Waals surface area (Å²) in [6, 6.07) is 13.0. The fourth-order valence-electron chi connectivity index (χ4n) is 2.86. The van der Waals surface area contributed by atoms with Crippen LogP contribution >= 0.6 is 15.9 Å². The fourth-order valence-corrected chi connectivity index (χ4v) is 3.33. The summed E-state index contributed by atoms with van der Waals surface area (Å²) in [5.41, 5.74) is 3.22. The van der Waals surface area contributed by atoms with Crippen molar-refractivity contribution in [2.45, 2.75) is 13.5 Å². The van der Waals surface area contributed by atoms with E-state index in [-0.39, 0.29) is 18.4 Å². The zero-order valence-electron chi connectivity index (χ0n) is 15.7. The minimum absolute atomic E-state index is 0.0277. The van der Waals surface area contributed by atoms with E-state index in [1.807, 2.05) is 54.1 Å². The van der Waals surface area contributed by atoms with E-state index in [2.05, 4.69) is 26.2 Å². The maximum Gasteiger partial charge on any atom is 0.254 e. The second kappa shape index (κ2) is 8.84. The number of rotatable bonds is 6. The third-order valence-electron chi connectivity index (χ3n) is 4.29. The number of carbonyl (C=O) groups is 2. The monoisotopic (exact) mass is 440 g/mol. The molecule has 0 fully saturated rings. The van der Waals surface area contributed by atoms with Gasteiger partial charge in [-0.15, -0.1) is 0 Å². The highest BCUT2D eigenvalue weighted by Gasteiger charge is 2.16. The number of halogens is 1. The lowest BCUT2D eigenvalue weighted by molar-refractivity contribution is -0.116. The van der Waals surface area contributed by atoms with E-state index in [0.29, 0.717) is 12.1 Å². The summed E-state index contributed by atoms with van der Waals surface area (Å²) in [4.78, 5) is 30.5. The Morgan fingerprint density at radius 1 is 1.21 bits per heavy atom. The standard InChI is InChI=1S/C21H21BrN4O2/c1-15-10-18(22)6-7-19(15)24-20(27)13-25(2)21(28)17-5-3-4-16(11-17)12-26-9-8-23-14-26/h3-11,14H,12-13H2,1-2H3,(H,24,27). The van der Waals surface area contributed by atoms with Crippen LogP contribution in [0.2, 0.25) is 0 Å². The number of nitrogens with one attached hydrogen (secondary N) is 1. The van der Waals surface area contributed by atoms with Crippen molar-refractivity contribution >= 4 is 33.4 Å². The van der Waals surface area contributed by atoms with Crippen molar-refractivity contribution in [3.05, 3.63) is 82.3 Å². The molecule has 0 aliphatic heterocycles. The molecule has 28 heavy (non-hydrogen) atoms. The quantitative estimate of drug-likeness (QED) is 0.634. The van der Waals surface area contributed by atoms with Gasteiger partial charge in [-0.2, -0.15) is 0 Å². The van der Waals surface area contributed by atoms with Gasteiger partial charge >= 0.3 is 0 Å². The van der Waals surface area contributed by atoms with Crippen molar-refractivity contribution < 1.29 is 9.59 Å². The Balaban J connectivity index is 1.63. The number of amides is 2. The van der Waals surface area contributed by atoms with Crippen molar-refractivity contribution in [3.8, 4) is 0 Å². The Kier molecular flexibility index (Phi) is 6.26. The second-order valence-electron chi connectivity index (χ2n) is 6.60. The Labute approximate surface area is 172 Å². The summed E-state index contributed by atoms with van der Waals surface area (Å²) in [7, 11) is 1.62. The predicted octanol–water partition coefficient (Wildman–Crippen LogP) is 3.71. The van der Waals surface area contributed by atoms with Gasteiger partial charge in [0, 0.05) is 41.7 Å². The molecule has 0 bridgehead atoms. The summed E-state index contributed by atoms with van der Waals surface area (Å²) >= 11 is 3.40. The number of imidazole rings is 1. The first-order valence-electron chi connectivity index (χ1n) is 8.78. The molecule has 144 valence electrons. The minimum atomic E-state index is -0.240. The van der Waals surface area contributed by atoms with Crippen LogP contribution in [0.3, 0.4) is 0 Å². The van der Waals surface area contributed by atoms with Gasteiger partial charge in [0.15, 0.2) is 0 Å². The minimum Gasteiger partial charge on any atom is -0.333 e. The Hall–Kier alpha value is -2.93. The van der Waals surface area contributed by atoms with Crippen LogP contribution in [0.15, 0.2) is 65.7 Å². The number of carbonyl (C=O) groups excluding carboxylic acids is 2. The third-order valence-corrected chi connectivity index (χ3v) is 4.78. The van der Waals surface area contributed by atoms with Gasteiger partial charge in [-0.3, -0.25) is 9.59 Å². The first-order chi connectivity index (χ1) is 13.4. The SMILES string of the molecule is Cc1cc(Br)ccc1NC(=O)CN(C)C(=O)c1cccc(Cn2ccnc2)c1. The molecule has 0 radical (unpaired) electrons. The third kappa shape index (κ3) is 5.07. The van der Waals surface area contributed by atoms with Crippen molar-refractivity contribution in [1.29, 1.82) is 0 Å². The molecule has 0 aliphatic rings. The number of aromatic nitrogens is 2. The number of anilines is 1. The first kappa shape index (κ1) is 19.8. The van der Waals surface area contributed by atoms with Gasteiger partial charge in [-0.25, -0.2) is 4.98 Å². The Bertz CT molecular complexity index is 986. The van der Waals surface area contributed by atoms with Crippen molar-refractivity contribution in [1.82, 2.24) is 14.5 Å². The number of aryl methyl sites for hydroxylation is 1. The molecule has 6 nitrogen and oxygen atoms in total. The van der Waals surface area contributed by atoms with E-state index in [1.54, 1.807) is 25.6 Å². The molecule has 2 aromatic carbocycles. The highest BCUT2D eigenvalue weighted by molar-refractivity contribution is 9.10. The van der Waals surface area contributed by atoms with E-state index >= 15 is 0 Å². The molecule has 7 heteroatoms. The number of benzene rings is 2. The molecule has 0 aliphatic carbocycles. The van der Waals surface area contributed by atoms with Crippen molar-refractivity contribution in [2.24, 2.45) is 0 Å². The molecule has 3 rings (SSSR count). The van der Waals surface area contributed by atoms with Gasteiger partial charge in [0.2, 0.25) is 5.91 Å². The van der Waals surface area contributed by atoms with E-state index in [1.165, 1.54) is 4.90 Å². The number of hydrogen-bond donors (Lipinski definition) is 1. The largest absolute Gasteiger partial charge is 0.333 e. The van der Waals surface area contributed by atoms with Crippen LogP contribution in [0.1, 0.15) is 21.5 Å². The highest BCUT2D eigenvalue weighted by Crippen LogP contribution is 2.20. The second-order valence-corrected chi connectivity index (χ2v) is 7.52. The van der Waals surface area contributed by atoms with Crippen molar-refractivity contribution in [3.63, 3.8) is 0 Å². The number of nitrogens with zero attached hydrogens (tertiary/aromatic N) is 3. The molecule has 1 N–H and O–H groups in total. The molecular formula is C21H21BrN4O2. The van der Waals surface area contributed by atoms with Gasteiger partial charge in [0.05, 0.1) is 12.9 Å². The van der Waals surface area contributed by atoms with Crippen LogP contribution in [0.25, 0.3) is 0 Å². The van der Waals surface area contributed by atoms with Crippen LogP contribution in [0, 0.1) is 6.92 Å². The topological polar surface area (TPSA) is 67.2 Å². The maximum atomic E-state index is 12.7. The molecule has 1 aromatic heterocycles. The van der Waals surface area contributed by atoms with E-state index in [4.69, 9.17) is 0 Å². The summed E-state index contributed by atoms with van der Waals surface area (Å²) in [5.74, 6) is -0.439. The number of likely N-dealkylation sites (N-methyl/N-ethyl adjacent to an activating group) is 1. The average molecular weight is 441 g/mol. The van der Waals surface area contributed by atoms with Gasteiger partial charge in [-0.05, 0) is 48.4 Å². The zero-order chi connectivity index (χ0) is 20.1. The highest BCUT2D eigenvalue weighted by atomic mass is 79.9. The molecular weight excluding hydrogens is 420 g/mol. The summed E-state index contributed by atoms with van der Waals surface area (Å²) in [6.07, 6.45) is 5.32. The molecule has 0 saturated heterocycles. The lowest BCUT2D eigenvalue weighted by atomic mass is 10.1. The summed E-state index contributed by atoms with van der Waals surface area (Å²) < 4.78 is 2.88. The molecule has 0 saturated carbocycles. The fraction of sp³-hybridized carbons (Fsp3) is 0.190. The van der Waals surface area contributed by atoms with Crippen LogP contribution in [-0.4, -0.2) is 39.9 Å². The predicted molar refractivity (Wildman–Crippen MR) is 112 cm³/mol. The molecule has 0 atom stereocenters. The summed E-state index contributed by atoms with van der Waals surface area (Å²) in [6.45, 7) is 2.52. The van der Waals surface area contributed by atoms with Crippen LogP contribution in [0.5, 0.6) is 0 Å². The zero-order valence-corrected chi connectivity index (χ0v) is 17.3. The molecule has 2 amide bonds. The van der Waals surface area contributed by atoms with E-state index in [0.717, 1.165) is 21.3 Å². The van der Waals surface area contributed by atoms with Gasteiger partial charge in [0.1, 0.15) is 0 Å². The molecule has 1 heterocycles. The van der Waals surface area contributed by atoms with Gasteiger partial charge < -0.3 is 14.8 Å². The van der Waals surface area contributed by atoms with Gasteiger partial charge in [0.25, 0.3) is 5.91 Å². The molecule has 0 unspecified atom stereocenters. The molecule has 3 aromatic rings. The maximum absolute atomic E-state index is 12.7. The smallest absolute Gasteiger partial charge is 0.254 e. The van der Waals surface area contributed by atoms with Crippen LogP contribution < -0.4 is 5.32 Å². The van der Waals surface area contributed by atoms with Gasteiger partial charge in [-0.1, -0.05) is 28.1 Å². The molecule has 0 spiro atoms. The van der Waals surface area contributed by atoms with E-state index in [9.17, 15) is 9.59 Å². The Morgan fingerprint density at radius 2 is 2.04 bits per heavy atom. The Morgan fingerprint density at radius 3 is 2.75 bits per heavy atom. The lowest BCUT2D eigenvalue weighted by Gasteiger charge is -2.18. The van der Waals surface area contributed by atoms with Crippen molar-refractivity contribution in [2.75, 3.05) is 18.9 Å². The average Bonchev–Trinajstić information content (AvgIpc) is 3.16. The van der Waals surface area contributed by atoms with Crippen LogP contribution in [0.4, 0.5) is 5.69 Å². The lowest BCUT2D eigenvalue weighted by Crippen LogP contribution is -2.35.